The van der Waals surface area contributed by atoms with Crippen LogP contribution in [0.3, 0.4) is 0 Å². The topological polar surface area (TPSA) is 43.6 Å². The van der Waals surface area contributed by atoms with Crippen LogP contribution in [-0.4, -0.2) is 24.2 Å². The van der Waals surface area contributed by atoms with Crippen molar-refractivity contribution in [1.82, 2.24) is 4.57 Å². The first kappa shape index (κ1) is 19.3. The van der Waals surface area contributed by atoms with Crippen molar-refractivity contribution in [3.8, 4) is 0 Å². The van der Waals surface area contributed by atoms with E-state index in [1.807, 2.05) is 13.8 Å². The Morgan fingerprint density at radius 1 is 1.32 bits per heavy atom. The van der Waals surface area contributed by atoms with Crippen molar-refractivity contribution in [1.29, 1.82) is 0 Å². The number of benzene rings is 1. The van der Waals surface area contributed by atoms with Crippen molar-refractivity contribution in [3.63, 3.8) is 0 Å². The fourth-order valence-electron chi connectivity index (χ4n) is 2.14. The molecule has 2 rings (SSSR count). The summed E-state index contributed by atoms with van der Waals surface area (Å²) in [4.78, 5) is 17.3. The van der Waals surface area contributed by atoms with Crippen LogP contribution < -0.4 is 4.80 Å². The van der Waals surface area contributed by atoms with Crippen molar-refractivity contribution in [3.05, 3.63) is 50.5 Å². The third-order valence-electron chi connectivity index (χ3n) is 3.63. The van der Waals surface area contributed by atoms with Gasteiger partial charge in [-0.3, -0.25) is 4.79 Å². The van der Waals surface area contributed by atoms with E-state index in [0.29, 0.717) is 31.4 Å². The minimum absolute atomic E-state index is 0.286. The lowest BCUT2D eigenvalue weighted by Gasteiger charge is -2.08. The summed E-state index contributed by atoms with van der Waals surface area (Å²) in [6, 6.07) is 1.69. The van der Waals surface area contributed by atoms with Crippen LogP contribution in [0.5, 0.6) is 0 Å². The second-order valence-electron chi connectivity index (χ2n) is 5.28. The minimum Gasteiger partial charge on any atom is -0.383 e. The van der Waals surface area contributed by atoms with E-state index in [4.69, 9.17) is 4.74 Å². The van der Waals surface area contributed by atoms with Gasteiger partial charge in [-0.2, -0.15) is 18.2 Å². The van der Waals surface area contributed by atoms with E-state index in [-0.39, 0.29) is 4.80 Å². The Labute approximate surface area is 145 Å². The second-order valence-corrected chi connectivity index (χ2v) is 6.46. The normalized spacial score (nSPS) is 12.7. The Hall–Kier alpha value is -2.00. The Kier molecular flexibility index (Phi) is 5.79. The molecule has 9 heteroatoms. The number of alkyl halides is 3. The van der Waals surface area contributed by atoms with Crippen LogP contribution in [0.2, 0.25) is 0 Å². The minimum atomic E-state index is -4.67. The quantitative estimate of drug-likeness (QED) is 0.764. The van der Waals surface area contributed by atoms with E-state index in [2.05, 4.69) is 4.99 Å². The smallest absolute Gasteiger partial charge is 0.383 e. The van der Waals surface area contributed by atoms with Gasteiger partial charge in [-0.25, -0.2) is 4.39 Å². The zero-order chi connectivity index (χ0) is 18.8. The maximum atomic E-state index is 13.8. The number of hydrogen-bond donors (Lipinski definition) is 0. The van der Waals surface area contributed by atoms with Gasteiger partial charge in [0.25, 0.3) is 5.91 Å². The zero-order valence-corrected chi connectivity index (χ0v) is 14.6. The van der Waals surface area contributed by atoms with Gasteiger partial charge in [0.2, 0.25) is 0 Å². The molecule has 0 saturated carbocycles. The highest BCUT2D eigenvalue weighted by Crippen LogP contribution is 2.30. The lowest BCUT2D eigenvalue weighted by Crippen LogP contribution is -2.21. The number of aryl methyl sites for hydroxylation is 1. The number of ether oxygens (including phenoxy) is 1. The monoisotopic (exact) mass is 376 g/mol. The first-order chi connectivity index (χ1) is 11.6. The number of methoxy groups -OCH3 is 1. The number of carbonyl (C=O) groups is 1. The number of aromatic nitrogens is 1. The lowest BCUT2D eigenvalue weighted by molar-refractivity contribution is -0.137. The molecule has 25 heavy (non-hydrogen) atoms. The molecule has 1 aromatic carbocycles. The van der Waals surface area contributed by atoms with Gasteiger partial charge >= 0.3 is 6.18 Å². The lowest BCUT2D eigenvalue weighted by atomic mass is 10.1. The molecule has 0 radical (unpaired) electrons. The van der Waals surface area contributed by atoms with Crippen molar-refractivity contribution in [2.24, 2.45) is 4.99 Å². The average Bonchev–Trinajstić information content (AvgIpc) is 2.78. The fraction of sp³-hybridized carbons (Fsp3) is 0.375. The maximum Gasteiger partial charge on any atom is 0.416 e. The van der Waals surface area contributed by atoms with Crippen molar-refractivity contribution >= 4 is 17.2 Å². The van der Waals surface area contributed by atoms with E-state index in [0.717, 1.165) is 10.6 Å². The number of amides is 1. The molecular formula is C16H16F4N2O2S. The molecule has 2 aromatic rings. The first-order valence-electron chi connectivity index (χ1n) is 7.26. The maximum absolute atomic E-state index is 13.8. The van der Waals surface area contributed by atoms with Crippen LogP contribution in [-0.2, 0) is 17.5 Å². The molecule has 0 saturated heterocycles. The van der Waals surface area contributed by atoms with Crippen molar-refractivity contribution in [2.45, 2.75) is 26.6 Å². The number of halogens is 4. The second kappa shape index (κ2) is 7.49. The van der Waals surface area contributed by atoms with Crippen LogP contribution in [0, 0.1) is 19.7 Å². The van der Waals surface area contributed by atoms with Gasteiger partial charge < -0.3 is 9.30 Å². The molecule has 0 unspecified atom stereocenters. The molecule has 136 valence electrons. The summed E-state index contributed by atoms with van der Waals surface area (Å²) in [7, 11) is 1.52. The van der Waals surface area contributed by atoms with Gasteiger partial charge in [0, 0.05) is 24.2 Å². The standard InChI is InChI=1S/C16H16F4N2O2S/c1-9-10(2)25-15(22(9)6-7-24-3)21-14(23)12-8-11(16(18,19)20)4-5-13(12)17/h4-5,8H,6-7H2,1-3H3. The Bertz CT molecular complexity index is 853. The Morgan fingerprint density at radius 2 is 2.00 bits per heavy atom. The molecule has 1 aromatic heterocycles. The molecule has 0 spiro atoms. The Morgan fingerprint density at radius 3 is 2.60 bits per heavy atom. The molecule has 0 aliphatic carbocycles. The summed E-state index contributed by atoms with van der Waals surface area (Å²) in [5, 5.41) is 0. The fourth-order valence-corrected chi connectivity index (χ4v) is 3.14. The van der Waals surface area contributed by atoms with E-state index in [1.165, 1.54) is 18.4 Å². The number of carbonyl (C=O) groups excluding carboxylic acids is 1. The molecule has 1 heterocycles. The number of thiazole rings is 1. The highest BCUT2D eigenvalue weighted by molar-refractivity contribution is 7.09. The van der Waals surface area contributed by atoms with E-state index < -0.39 is 29.0 Å². The van der Waals surface area contributed by atoms with Gasteiger partial charge in [0.05, 0.1) is 17.7 Å². The molecule has 0 N–H and O–H groups in total. The summed E-state index contributed by atoms with van der Waals surface area (Å²) in [6.45, 7) is 4.45. The molecule has 0 fully saturated rings. The van der Waals surface area contributed by atoms with Crippen LogP contribution in [0.15, 0.2) is 23.2 Å². The zero-order valence-electron chi connectivity index (χ0n) is 13.8. The molecule has 0 atom stereocenters. The summed E-state index contributed by atoms with van der Waals surface area (Å²) >= 11 is 1.21. The van der Waals surface area contributed by atoms with Crippen molar-refractivity contribution < 1.29 is 27.1 Å². The van der Waals surface area contributed by atoms with Gasteiger partial charge in [-0.15, -0.1) is 11.3 Å². The Balaban J connectivity index is 2.49. The van der Waals surface area contributed by atoms with E-state index in [1.54, 1.807) is 4.57 Å². The van der Waals surface area contributed by atoms with E-state index >= 15 is 0 Å². The van der Waals surface area contributed by atoms with Crippen LogP contribution in [0.4, 0.5) is 17.6 Å². The first-order valence-corrected chi connectivity index (χ1v) is 8.08. The van der Waals surface area contributed by atoms with Gasteiger partial charge in [-0.05, 0) is 32.0 Å². The van der Waals surface area contributed by atoms with E-state index in [9.17, 15) is 22.4 Å². The predicted molar refractivity (Wildman–Crippen MR) is 85.0 cm³/mol. The van der Waals surface area contributed by atoms with Crippen LogP contribution >= 0.6 is 11.3 Å². The molecule has 1 amide bonds. The van der Waals surface area contributed by atoms with Crippen molar-refractivity contribution in [2.75, 3.05) is 13.7 Å². The molecular weight excluding hydrogens is 360 g/mol. The predicted octanol–water partition coefficient (Wildman–Crippen LogP) is 3.71. The summed E-state index contributed by atoms with van der Waals surface area (Å²) in [5.74, 6) is -2.11. The van der Waals surface area contributed by atoms with Gasteiger partial charge in [-0.1, -0.05) is 0 Å². The molecule has 0 aliphatic rings. The van der Waals surface area contributed by atoms with Crippen LogP contribution in [0.25, 0.3) is 0 Å². The molecule has 0 bridgehead atoms. The molecule has 0 aliphatic heterocycles. The number of hydrogen-bond acceptors (Lipinski definition) is 3. The number of nitrogens with zero attached hydrogens (tertiary/aromatic N) is 2. The van der Waals surface area contributed by atoms with Gasteiger partial charge in [0.15, 0.2) is 4.80 Å². The summed E-state index contributed by atoms with van der Waals surface area (Å²) < 4.78 is 58.8. The largest absolute Gasteiger partial charge is 0.416 e. The third-order valence-corrected chi connectivity index (χ3v) is 4.73. The third kappa shape index (κ3) is 4.35. The van der Waals surface area contributed by atoms with Crippen LogP contribution in [0.1, 0.15) is 26.5 Å². The summed E-state index contributed by atoms with van der Waals surface area (Å²) in [5.41, 5.74) is -0.951. The molecule has 4 nitrogen and oxygen atoms in total. The summed E-state index contributed by atoms with van der Waals surface area (Å²) in [6.07, 6.45) is -4.67. The SMILES string of the molecule is COCCn1c(C)c(C)sc1=NC(=O)c1cc(C(F)(F)F)ccc1F. The highest BCUT2D eigenvalue weighted by Gasteiger charge is 2.32. The van der Waals surface area contributed by atoms with Gasteiger partial charge in [0.1, 0.15) is 5.82 Å². The number of rotatable bonds is 4. The average molecular weight is 376 g/mol. The highest BCUT2D eigenvalue weighted by atomic mass is 32.1.